The van der Waals surface area contributed by atoms with Gasteiger partial charge in [0.15, 0.2) is 0 Å². The zero-order valence-electron chi connectivity index (χ0n) is 25.0. The number of carbonyl (C=O) groups is 1. The highest BCUT2D eigenvalue weighted by Crippen LogP contribution is 2.39. The molecule has 10 nitrogen and oxygen atoms in total. The monoisotopic (exact) mass is 611 g/mol. The smallest absolute Gasteiger partial charge is 0.303 e. The standard InChI is InChI=1S/C32H41N3O7S/c1-22-29(40-2)18-27(19-30(22)41-3)32(37)28(16-24-14-25-6-4-5-7-26(25)15-24)21-34-9-8-23(20-34)17-31(36)33-43(38,39)35-10-12-42-13-11-35/h4-9,18-20,24,28,32,37H,10-17,21H2,1-3H3,(H,33,36)/t28-,32+/m0/s1. The first-order chi connectivity index (χ1) is 20.7. The second-order valence-electron chi connectivity index (χ2n) is 11.5. The number of nitrogens with one attached hydrogen (secondary N) is 1. The second kappa shape index (κ2) is 13.5. The van der Waals surface area contributed by atoms with Gasteiger partial charge in [-0.05, 0) is 72.6 Å². The van der Waals surface area contributed by atoms with E-state index in [-0.39, 0.29) is 25.4 Å². The van der Waals surface area contributed by atoms with E-state index < -0.39 is 22.2 Å². The summed E-state index contributed by atoms with van der Waals surface area (Å²) in [5, 5.41) is 11.8. The van der Waals surface area contributed by atoms with Crippen LogP contribution in [0.15, 0.2) is 54.9 Å². The van der Waals surface area contributed by atoms with Crippen LogP contribution in [0.1, 0.15) is 40.3 Å². The van der Waals surface area contributed by atoms with E-state index in [1.54, 1.807) is 14.2 Å². The molecule has 2 N–H and O–H groups in total. The van der Waals surface area contributed by atoms with Crippen molar-refractivity contribution in [3.8, 4) is 11.5 Å². The minimum Gasteiger partial charge on any atom is -0.496 e. The fourth-order valence-corrected chi connectivity index (χ4v) is 7.41. The number of methoxy groups -OCH3 is 2. The molecule has 43 heavy (non-hydrogen) atoms. The highest BCUT2D eigenvalue weighted by molar-refractivity contribution is 7.87. The Morgan fingerprint density at radius 3 is 2.30 bits per heavy atom. The van der Waals surface area contributed by atoms with Gasteiger partial charge in [-0.25, -0.2) is 4.72 Å². The van der Waals surface area contributed by atoms with Crippen molar-refractivity contribution >= 4 is 16.1 Å². The number of rotatable bonds is 12. The number of hydrogen-bond donors (Lipinski definition) is 2. The first-order valence-electron chi connectivity index (χ1n) is 14.7. The minimum absolute atomic E-state index is 0.0753. The maximum atomic E-state index is 12.7. The van der Waals surface area contributed by atoms with Crippen LogP contribution in [-0.2, 0) is 45.5 Å². The normalized spacial score (nSPS) is 17.3. The zero-order valence-corrected chi connectivity index (χ0v) is 25.8. The first-order valence-corrected chi connectivity index (χ1v) is 16.1. The molecule has 2 heterocycles. The fourth-order valence-electron chi connectivity index (χ4n) is 6.29. The summed E-state index contributed by atoms with van der Waals surface area (Å²) in [5.41, 5.74) is 5.00. The number of aliphatic hydroxyl groups is 1. The van der Waals surface area contributed by atoms with E-state index in [1.165, 1.54) is 15.4 Å². The lowest BCUT2D eigenvalue weighted by atomic mass is 9.85. The predicted octanol–water partition coefficient (Wildman–Crippen LogP) is 3.20. The molecule has 1 amide bonds. The summed E-state index contributed by atoms with van der Waals surface area (Å²) in [6, 6.07) is 14.1. The van der Waals surface area contributed by atoms with Crippen molar-refractivity contribution in [3.63, 3.8) is 0 Å². The molecule has 232 valence electrons. The molecule has 0 saturated carbocycles. The number of hydrogen-bond acceptors (Lipinski definition) is 7. The molecule has 0 radical (unpaired) electrons. The molecule has 2 aromatic carbocycles. The Hall–Kier alpha value is -3.38. The average Bonchev–Trinajstić information content (AvgIpc) is 3.62. The minimum atomic E-state index is -3.91. The van der Waals surface area contributed by atoms with E-state index in [2.05, 4.69) is 29.0 Å². The summed E-state index contributed by atoms with van der Waals surface area (Å²) < 4.78 is 46.9. The second-order valence-corrected chi connectivity index (χ2v) is 13.1. The molecule has 1 aliphatic heterocycles. The van der Waals surface area contributed by atoms with Crippen molar-refractivity contribution in [1.29, 1.82) is 0 Å². The third kappa shape index (κ3) is 7.41. The zero-order chi connectivity index (χ0) is 30.6. The van der Waals surface area contributed by atoms with Crippen molar-refractivity contribution in [2.75, 3.05) is 40.5 Å². The summed E-state index contributed by atoms with van der Waals surface area (Å²) in [5.74, 6) is 0.955. The van der Waals surface area contributed by atoms with Crippen LogP contribution in [0, 0.1) is 18.8 Å². The van der Waals surface area contributed by atoms with Crippen LogP contribution in [0.5, 0.6) is 11.5 Å². The highest BCUT2D eigenvalue weighted by Gasteiger charge is 2.30. The molecule has 2 atom stereocenters. The van der Waals surface area contributed by atoms with Crippen molar-refractivity contribution in [2.24, 2.45) is 11.8 Å². The van der Waals surface area contributed by atoms with Crippen LogP contribution in [0.4, 0.5) is 0 Å². The van der Waals surface area contributed by atoms with E-state index in [9.17, 15) is 18.3 Å². The van der Waals surface area contributed by atoms with Gasteiger partial charge in [0.1, 0.15) is 11.5 Å². The Balaban J connectivity index is 1.31. The van der Waals surface area contributed by atoms with Crippen LogP contribution < -0.4 is 14.2 Å². The molecule has 1 aromatic heterocycles. The molecule has 2 aliphatic rings. The molecule has 5 rings (SSSR count). The third-order valence-electron chi connectivity index (χ3n) is 8.51. The molecule has 1 saturated heterocycles. The molecule has 3 aromatic rings. The molecule has 11 heteroatoms. The van der Waals surface area contributed by atoms with Crippen molar-refractivity contribution in [2.45, 2.75) is 45.3 Å². The fraction of sp³-hybridized carbons (Fsp3) is 0.469. The number of morpholine rings is 1. The Labute approximate surface area is 253 Å². The van der Waals surface area contributed by atoms with Crippen LogP contribution in [-0.4, -0.2) is 68.8 Å². The largest absolute Gasteiger partial charge is 0.496 e. The van der Waals surface area contributed by atoms with E-state index in [1.807, 2.05) is 42.1 Å². The third-order valence-corrected chi connectivity index (χ3v) is 10.0. The summed E-state index contributed by atoms with van der Waals surface area (Å²) in [7, 11) is -0.702. The van der Waals surface area contributed by atoms with Gasteiger partial charge >= 0.3 is 10.2 Å². The first kappa shape index (κ1) is 31.1. The lowest BCUT2D eigenvalue weighted by molar-refractivity contribution is -0.118. The van der Waals surface area contributed by atoms with Gasteiger partial charge in [0.05, 0.1) is 40.0 Å². The van der Waals surface area contributed by atoms with E-state index in [4.69, 9.17) is 14.2 Å². The highest BCUT2D eigenvalue weighted by atomic mass is 32.2. The maximum absolute atomic E-state index is 12.7. The Morgan fingerprint density at radius 1 is 1.07 bits per heavy atom. The molecular formula is C32H41N3O7S. The molecule has 0 spiro atoms. The summed E-state index contributed by atoms with van der Waals surface area (Å²) in [6.07, 6.45) is 5.58. The lowest BCUT2D eigenvalue weighted by Gasteiger charge is -2.27. The molecule has 0 unspecified atom stereocenters. The van der Waals surface area contributed by atoms with Gasteiger partial charge < -0.3 is 23.9 Å². The van der Waals surface area contributed by atoms with Crippen LogP contribution in [0.25, 0.3) is 0 Å². The van der Waals surface area contributed by atoms with Gasteiger partial charge in [0, 0.05) is 43.5 Å². The van der Waals surface area contributed by atoms with E-state index in [0.717, 1.165) is 30.4 Å². The summed E-state index contributed by atoms with van der Waals surface area (Å²) >= 11 is 0. The molecular weight excluding hydrogens is 570 g/mol. The van der Waals surface area contributed by atoms with Gasteiger partial charge in [0.2, 0.25) is 5.91 Å². The number of aromatic nitrogens is 1. The number of amides is 1. The molecule has 1 aliphatic carbocycles. The van der Waals surface area contributed by atoms with Crippen molar-refractivity contribution in [3.05, 3.63) is 82.7 Å². The van der Waals surface area contributed by atoms with Gasteiger partial charge in [0.25, 0.3) is 0 Å². The van der Waals surface area contributed by atoms with E-state index >= 15 is 0 Å². The van der Waals surface area contributed by atoms with E-state index in [0.29, 0.717) is 42.7 Å². The average molecular weight is 612 g/mol. The maximum Gasteiger partial charge on any atom is 0.303 e. The summed E-state index contributed by atoms with van der Waals surface area (Å²) in [6.45, 7) is 3.48. The SMILES string of the molecule is COc1cc([C@@H](O)[C@@H](CC2Cc3ccccc3C2)Cn2ccc(CC(=O)NS(=O)(=O)N3CCOCC3)c2)cc(OC)c1C. The molecule has 0 bridgehead atoms. The lowest BCUT2D eigenvalue weighted by Crippen LogP contribution is -2.48. The number of fused-ring (bicyclic) bond motifs is 1. The van der Waals surface area contributed by atoms with Crippen molar-refractivity contribution in [1.82, 2.24) is 13.6 Å². The number of carbonyl (C=O) groups excluding carboxylic acids is 1. The van der Waals surface area contributed by atoms with Gasteiger partial charge in [-0.2, -0.15) is 12.7 Å². The topological polar surface area (TPSA) is 119 Å². The number of nitrogens with zero attached hydrogens (tertiary/aromatic N) is 2. The Bertz CT molecular complexity index is 1480. The summed E-state index contributed by atoms with van der Waals surface area (Å²) in [4.78, 5) is 12.7. The molecule has 1 fully saturated rings. The van der Waals surface area contributed by atoms with Gasteiger partial charge in [-0.15, -0.1) is 0 Å². The van der Waals surface area contributed by atoms with Crippen LogP contribution >= 0.6 is 0 Å². The Kier molecular flexibility index (Phi) is 9.75. The van der Waals surface area contributed by atoms with Crippen molar-refractivity contribution < 1.29 is 32.5 Å². The van der Waals surface area contributed by atoms with Crippen LogP contribution in [0.3, 0.4) is 0 Å². The van der Waals surface area contributed by atoms with Crippen LogP contribution in [0.2, 0.25) is 0 Å². The van der Waals surface area contributed by atoms with Gasteiger partial charge in [-0.1, -0.05) is 24.3 Å². The Morgan fingerprint density at radius 2 is 1.70 bits per heavy atom. The number of benzene rings is 2. The predicted molar refractivity (Wildman–Crippen MR) is 162 cm³/mol. The number of ether oxygens (including phenoxy) is 3. The quantitative estimate of drug-likeness (QED) is 0.323. The number of aliphatic hydroxyl groups excluding tert-OH is 1. The van der Waals surface area contributed by atoms with Gasteiger partial charge in [-0.3, -0.25) is 4.79 Å².